The molecule has 116 valence electrons. The van der Waals surface area contributed by atoms with Gasteiger partial charge in [-0.1, -0.05) is 33.6 Å². The van der Waals surface area contributed by atoms with E-state index in [1.54, 1.807) is 18.2 Å². The molecule has 1 unspecified atom stereocenters. The van der Waals surface area contributed by atoms with E-state index in [4.69, 9.17) is 11.6 Å². The Hall–Kier alpha value is -0.880. The number of halogens is 2. The topological polar surface area (TPSA) is 49.3 Å². The van der Waals surface area contributed by atoms with Crippen LogP contribution >= 0.6 is 38.9 Å². The molecule has 0 bridgehead atoms. The van der Waals surface area contributed by atoms with Gasteiger partial charge in [0.25, 0.3) is 5.91 Å². The van der Waals surface area contributed by atoms with Crippen molar-refractivity contribution in [2.75, 3.05) is 6.54 Å². The maximum atomic E-state index is 12.4. The minimum atomic E-state index is -0.984. The van der Waals surface area contributed by atoms with Gasteiger partial charge >= 0.3 is 0 Å². The van der Waals surface area contributed by atoms with Crippen LogP contribution in [0, 0.1) is 5.92 Å². The lowest BCUT2D eigenvalue weighted by Gasteiger charge is -2.27. The fraction of sp³-hybridized carbons (Fsp3) is 0.312. The minimum Gasteiger partial charge on any atom is -0.382 e. The van der Waals surface area contributed by atoms with Crippen molar-refractivity contribution in [3.05, 3.63) is 55.6 Å². The summed E-state index contributed by atoms with van der Waals surface area (Å²) in [7, 11) is 0. The highest BCUT2D eigenvalue weighted by Crippen LogP contribution is 2.46. The number of rotatable bonds is 5. The van der Waals surface area contributed by atoms with Gasteiger partial charge in [0.05, 0.1) is 17.1 Å². The second-order valence-electron chi connectivity index (χ2n) is 5.48. The van der Waals surface area contributed by atoms with Gasteiger partial charge in [-0.15, -0.1) is 11.3 Å². The molecule has 1 fully saturated rings. The number of hydrogen-bond donors (Lipinski definition) is 2. The van der Waals surface area contributed by atoms with E-state index in [2.05, 4.69) is 21.2 Å². The van der Waals surface area contributed by atoms with Crippen LogP contribution in [0.3, 0.4) is 0 Å². The Kier molecular flexibility index (Phi) is 4.59. The summed E-state index contributed by atoms with van der Waals surface area (Å²) >= 11 is 10.9. The molecule has 0 spiro atoms. The van der Waals surface area contributed by atoms with E-state index in [1.165, 1.54) is 11.3 Å². The molecule has 0 radical (unpaired) electrons. The maximum Gasteiger partial charge on any atom is 0.252 e. The monoisotopic (exact) mass is 399 g/mol. The van der Waals surface area contributed by atoms with Gasteiger partial charge in [-0.05, 0) is 48.4 Å². The average Bonchev–Trinajstić information content (AvgIpc) is 3.22. The van der Waals surface area contributed by atoms with Crippen LogP contribution in [0.1, 0.15) is 28.1 Å². The van der Waals surface area contributed by atoms with Crippen molar-refractivity contribution < 1.29 is 9.90 Å². The lowest BCUT2D eigenvalue weighted by molar-refractivity contribution is 0.0169. The van der Waals surface area contributed by atoms with Gasteiger partial charge in [-0.2, -0.15) is 0 Å². The first-order valence-electron chi connectivity index (χ1n) is 7.00. The number of benzene rings is 1. The van der Waals surface area contributed by atoms with E-state index in [9.17, 15) is 9.90 Å². The summed E-state index contributed by atoms with van der Waals surface area (Å²) in [5, 5.41) is 16.1. The van der Waals surface area contributed by atoms with Crippen molar-refractivity contribution in [2.45, 2.75) is 18.4 Å². The molecule has 3 rings (SSSR count). The third kappa shape index (κ3) is 3.23. The number of hydrogen-bond acceptors (Lipinski definition) is 3. The standard InChI is InChI=1S/C16H15BrClNO2S/c17-11-5-6-13(18)12(8-11)15(20)19-9-16(21,10-3-4-10)14-2-1-7-22-14/h1-2,5-8,10,21H,3-4,9H2,(H,19,20). The van der Waals surface area contributed by atoms with E-state index >= 15 is 0 Å². The fourth-order valence-corrected chi connectivity index (χ4v) is 3.97. The van der Waals surface area contributed by atoms with Gasteiger partial charge in [-0.3, -0.25) is 4.79 Å². The molecule has 2 aromatic rings. The van der Waals surface area contributed by atoms with Crippen LogP contribution in [0.4, 0.5) is 0 Å². The second-order valence-corrected chi connectivity index (χ2v) is 7.75. The van der Waals surface area contributed by atoms with Gasteiger partial charge < -0.3 is 10.4 Å². The fourth-order valence-electron chi connectivity index (χ4n) is 2.50. The smallest absolute Gasteiger partial charge is 0.252 e. The molecule has 1 aliphatic rings. The molecule has 3 nitrogen and oxygen atoms in total. The summed E-state index contributed by atoms with van der Waals surface area (Å²) in [6.45, 7) is 0.194. The third-order valence-electron chi connectivity index (χ3n) is 3.89. The number of nitrogens with one attached hydrogen (secondary N) is 1. The molecule has 6 heteroatoms. The van der Waals surface area contributed by atoms with Crippen LogP contribution in [0.5, 0.6) is 0 Å². The van der Waals surface area contributed by atoms with Crippen LogP contribution in [0.15, 0.2) is 40.2 Å². The Morgan fingerprint density at radius 3 is 2.86 bits per heavy atom. The molecule has 0 aliphatic heterocycles. The van der Waals surface area contributed by atoms with Crippen molar-refractivity contribution in [1.29, 1.82) is 0 Å². The summed E-state index contributed by atoms with van der Waals surface area (Å²) in [6, 6.07) is 8.97. The first kappa shape index (κ1) is 16.0. The summed E-state index contributed by atoms with van der Waals surface area (Å²) < 4.78 is 0.790. The lowest BCUT2D eigenvalue weighted by Crippen LogP contribution is -2.42. The molecule has 0 saturated heterocycles. The van der Waals surface area contributed by atoms with Crippen LogP contribution in [-0.2, 0) is 5.60 Å². The van der Waals surface area contributed by atoms with Crippen molar-refractivity contribution in [3.8, 4) is 0 Å². The van der Waals surface area contributed by atoms with Crippen LogP contribution in [0.2, 0.25) is 5.02 Å². The molecule has 1 aromatic carbocycles. The Morgan fingerprint density at radius 2 is 2.23 bits per heavy atom. The van der Waals surface area contributed by atoms with Crippen LogP contribution in [-0.4, -0.2) is 17.6 Å². The molecule has 2 N–H and O–H groups in total. The number of thiophene rings is 1. The Labute approximate surface area is 146 Å². The summed E-state index contributed by atoms with van der Waals surface area (Å²) in [6.07, 6.45) is 1.98. The predicted molar refractivity (Wildman–Crippen MR) is 92.4 cm³/mol. The van der Waals surface area contributed by atoms with Crippen molar-refractivity contribution in [3.63, 3.8) is 0 Å². The number of carbonyl (C=O) groups is 1. The second kappa shape index (κ2) is 6.32. The summed E-state index contributed by atoms with van der Waals surface area (Å²) in [5.74, 6) is -0.0636. The van der Waals surface area contributed by atoms with E-state index in [0.29, 0.717) is 10.6 Å². The van der Waals surface area contributed by atoms with Crippen molar-refractivity contribution in [1.82, 2.24) is 5.32 Å². The zero-order chi connectivity index (χ0) is 15.7. The molecule has 1 amide bonds. The van der Waals surface area contributed by atoms with E-state index in [-0.39, 0.29) is 18.4 Å². The first-order valence-corrected chi connectivity index (χ1v) is 9.05. The van der Waals surface area contributed by atoms with Gasteiger partial charge in [0, 0.05) is 9.35 Å². The van der Waals surface area contributed by atoms with Gasteiger partial charge in [0.2, 0.25) is 0 Å². The van der Waals surface area contributed by atoms with E-state index in [0.717, 1.165) is 22.2 Å². The van der Waals surface area contributed by atoms with E-state index < -0.39 is 5.60 Å². The zero-order valence-electron chi connectivity index (χ0n) is 11.7. The molecule has 1 aliphatic carbocycles. The number of amides is 1. The Morgan fingerprint density at radius 1 is 1.45 bits per heavy atom. The average molecular weight is 401 g/mol. The lowest BCUT2D eigenvalue weighted by atomic mass is 9.95. The van der Waals surface area contributed by atoms with E-state index in [1.807, 2.05) is 17.5 Å². The Balaban J connectivity index is 1.75. The van der Waals surface area contributed by atoms with Gasteiger partial charge in [0.1, 0.15) is 5.60 Å². The number of carbonyl (C=O) groups excluding carboxylic acids is 1. The third-order valence-corrected chi connectivity index (χ3v) is 5.75. The molecule has 22 heavy (non-hydrogen) atoms. The molecule has 1 saturated carbocycles. The quantitative estimate of drug-likeness (QED) is 0.790. The molecular weight excluding hydrogens is 386 g/mol. The Bertz CT molecular complexity index is 687. The predicted octanol–water partition coefficient (Wildman–Crippen LogP) is 4.19. The zero-order valence-corrected chi connectivity index (χ0v) is 14.8. The molecule has 1 atom stereocenters. The summed E-state index contributed by atoms with van der Waals surface area (Å²) in [5.41, 5.74) is -0.581. The molecular formula is C16H15BrClNO2S. The van der Waals surface area contributed by atoms with Crippen LogP contribution < -0.4 is 5.32 Å². The van der Waals surface area contributed by atoms with Gasteiger partial charge in [0.15, 0.2) is 0 Å². The van der Waals surface area contributed by atoms with Crippen molar-refractivity contribution >= 4 is 44.8 Å². The maximum absolute atomic E-state index is 12.4. The number of aliphatic hydroxyl groups is 1. The minimum absolute atomic E-state index is 0.194. The molecule has 1 aromatic heterocycles. The highest BCUT2D eigenvalue weighted by molar-refractivity contribution is 9.10. The van der Waals surface area contributed by atoms with Crippen LogP contribution in [0.25, 0.3) is 0 Å². The highest BCUT2D eigenvalue weighted by Gasteiger charge is 2.46. The van der Waals surface area contributed by atoms with Crippen molar-refractivity contribution in [2.24, 2.45) is 5.92 Å². The highest BCUT2D eigenvalue weighted by atomic mass is 79.9. The van der Waals surface area contributed by atoms with Gasteiger partial charge in [-0.25, -0.2) is 0 Å². The first-order chi connectivity index (χ1) is 10.5. The largest absolute Gasteiger partial charge is 0.382 e. The molecule has 1 heterocycles. The SMILES string of the molecule is O=C(NCC(O)(c1cccs1)C1CC1)c1cc(Br)ccc1Cl. The summed E-state index contributed by atoms with van der Waals surface area (Å²) in [4.78, 5) is 13.3. The normalized spacial score (nSPS) is 17.0.